The fourth-order valence-corrected chi connectivity index (χ4v) is 2.88. The van der Waals surface area contributed by atoms with E-state index >= 15 is 0 Å². The Morgan fingerprint density at radius 1 is 0.815 bits per heavy atom. The van der Waals surface area contributed by atoms with Crippen LogP contribution < -0.4 is 15.8 Å². The summed E-state index contributed by atoms with van der Waals surface area (Å²) < 4.78 is 6.08. The second-order valence-corrected chi connectivity index (χ2v) is 6.04. The summed E-state index contributed by atoms with van der Waals surface area (Å²) in [6, 6.07) is 25.4. The van der Waals surface area contributed by atoms with Crippen molar-refractivity contribution in [3.8, 4) is 22.9 Å². The Kier molecular flexibility index (Phi) is 4.94. The van der Waals surface area contributed by atoms with Gasteiger partial charge < -0.3 is 15.8 Å². The molecule has 0 bridgehead atoms. The summed E-state index contributed by atoms with van der Waals surface area (Å²) >= 11 is 0. The Morgan fingerprint density at radius 2 is 1.56 bits per heavy atom. The zero-order chi connectivity index (χ0) is 18.5. The maximum atomic E-state index is 6.08. The maximum absolute atomic E-state index is 6.08. The largest absolute Gasteiger partial charge is 0.457 e. The van der Waals surface area contributed by atoms with E-state index in [1.54, 1.807) is 0 Å². The third-order valence-corrected chi connectivity index (χ3v) is 4.14. The quantitative estimate of drug-likeness (QED) is 0.534. The number of fused-ring (bicyclic) bond motifs is 1. The van der Waals surface area contributed by atoms with Crippen LogP contribution in [0.5, 0.6) is 11.5 Å². The van der Waals surface area contributed by atoms with Crippen LogP contribution in [0, 0.1) is 0 Å². The molecule has 5 nitrogen and oxygen atoms in total. The third kappa shape index (κ3) is 3.73. The highest BCUT2D eigenvalue weighted by Gasteiger charge is 2.13. The van der Waals surface area contributed by atoms with Gasteiger partial charge in [0.2, 0.25) is 0 Å². The Bertz CT molecular complexity index is 1050. The van der Waals surface area contributed by atoms with Crippen LogP contribution in [0.1, 0.15) is 0 Å². The number of nitrogens with two attached hydrogens (primary N) is 1. The summed E-state index contributed by atoms with van der Waals surface area (Å²) in [7, 11) is 0. The lowest BCUT2D eigenvalue weighted by molar-refractivity contribution is 0.484. The summed E-state index contributed by atoms with van der Waals surface area (Å²) in [6.07, 6.45) is 0. The van der Waals surface area contributed by atoms with Gasteiger partial charge in [-0.25, -0.2) is 9.97 Å². The second kappa shape index (κ2) is 7.85. The molecule has 134 valence electrons. The average Bonchev–Trinajstić information content (AvgIpc) is 2.73. The highest BCUT2D eigenvalue weighted by molar-refractivity contribution is 5.90. The lowest BCUT2D eigenvalue weighted by Gasteiger charge is -2.13. The van der Waals surface area contributed by atoms with E-state index in [4.69, 9.17) is 20.4 Å². The third-order valence-electron chi connectivity index (χ3n) is 4.14. The van der Waals surface area contributed by atoms with Gasteiger partial charge in [-0.15, -0.1) is 0 Å². The molecule has 0 amide bonds. The van der Waals surface area contributed by atoms with Crippen LogP contribution in [0.15, 0.2) is 78.9 Å². The van der Waals surface area contributed by atoms with Crippen LogP contribution >= 0.6 is 0 Å². The summed E-state index contributed by atoms with van der Waals surface area (Å²) in [5, 5.41) is 4.27. The van der Waals surface area contributed by atoms with E-state index in [0.717, 1.165) is 28.0 Å². The van der Waals surface area contributed by atoms with Crippen molar-refractivity contribution in [3.63, 3.8) is 0 Å². The molecular weight excluding hydrogens is 336 g/mol. The van der Waals surface area contributed by atoms with E-state index in [-0.39, 0.29) is 0 Å². The monoisotopic (exact) mass is 356 g/mol. The maximum Gasteiger partial charge on any atom is 0.165 e. The van der Waals surface area contributed by atoms with Crippen molar-refractivity contribution in [3.05, 3.63) is 78.9 Å². The Morgan fingerprint density at radius 3 is 2.41 bits per heavy atom. The lowest BCUT2D eigenvalue weighted by Crippen LogP contribution is -2.14. The van der Waals surface area contributed by atoms with Crippen LogP contribution in [0.25, 0.3) is 22.3 Å². The standard InChI is InChI=1S/C22H20N4O/c23-14-15-24-21-17-10-4-6-12-19(17)25-22(26-21)18-11-5-7-13-20(18)27-16-8-2-1-3-9-16/h1-13H,14-15,23H2,(H,24,25,26). The number of nitrogens with one attached hydrogen (secondary N) is 1. The predicted molar refractivity (Wildman–Crippen MR) is 109 cm³/mol. The van der Waals surface area contributed by atoms with Gasteiger partial charge in [0.1, 0.15) is 17.3 Å². The highest BCUT2D eigenvalue weighted by atomic mass is 16.5. The molecule has 27 heavy (non-hydrogen) atoms. The molecule has 4 aromatic rings. The van der Waals surface area contributed by atoms with Gasteiger partial charge in [0.25, 0.3) is 0 Å². The molecule has 0 atom stereocenters. The minimum absolute atomic E-state index is 0.529. The van der Waals surface area contributed by atoms with Crippen LogP contribution in [0.3, 0.4) is 0 Å². The fourth-order valence-electron chi connectivity index (χ4n) is 2.88. The molecule has 0 saturated carbocycles. The van der Waals surface area contributed by atoms with Gasteiger partial charge >= 0.3 is 0 Å². The first kappa shape index (κ1) is 17.0. The highest BCUT2D eigenvalue weighted by Crippen LogP contribution is 2.33. The summed E-state index contributed by atoms with van der Waals surface area (Å²) in [4.78, 5) is 9.51. The van der Waals surface area contributed by atoms with E-state index in [9.17, 15) is 0 Å². The number of hydrogen-bond donors (Lipinski definition) is 2. The zero-order valence-corrected chi connectivity index (χ0v) is 14.8. The first-order chi connectivity index (χ1) is 13.3. The first-order valence-electron chi connectivity index (χ1n) is 8.88. The second-order valence-electron chi connectivity index (χ2n) is 6.04. The van der Waals surface area contributed by atoms with Gasteiger partial charge in [0.15, 0.2) is 5.82 Å². The first-order valence-corrected chi connectivity index (χ1v) is 8.88. The Hall–Kier alpha value is -3.44. The number of benzene rings is 3. The van der Waals surface area contributed by atoms with Gasteiger partial charge in [0.05, 0.1) is 11.1 Å². The van der Waals surface area contributed by atoms with Crippen LogP contribution in [0.4, 0.5) is 5.82 Å². The number of hydrogen-bond acceptors (Lipinski definition) is 5. The number of aromatic nitrogens is 2. The molecule has 1 aromatic heterocycles. The van der Waals surface area contributed by atoms with Gasteiger partial charge in [-0.3, -0.25) is 0 Å². The van der Waals surface area contributed by atoms with Crippen molar-refractivity contribution in [2.24, 2.45) is 5.73 Å². The molecule has 0 spiro atoms. The summed E-state index contributed by atoms with van der Waals surface area (Å²) in [5.74, 6) is 2.87. The molecule has 0 saturated heterocycles. The van der Waals surface area contributed by atoms with Crippen LogP contribution in [-0.2, 0) is 0 Å². The van der Waals surface area contributed by atoms with Gasteiger partial charge in [0, 0.05) is 18.5 Å². The summed E-state index contributed by atoms with van der Waals surface area (Å²) in [5.41, 5.74) is 7.36. The van der Waals surface area contributed by atoms with E-state index < -0.39 is 0 Å². The number of nitrogens with zero attached hydrogens (tertiary/aromatic N) is 2. The van der Waals surface area contributed by atoms with Gasteiger partial charge in [-0.2, -0.15) is 0 Å². The molecule has 1 heterocycles. The normalized spacial score (nSPS) is 10.7. The molecule has 0 aliphatic carbocycles. The zero-order valence-electron chi connectivity index (χ0n) is 14.8. The molecule has 4 rings (SSSR count). The minimum atomic E-state index is 0.529. The number of rotatable bonds is 6. The Balaban J connectivity index is 1.80. The Labute approximate surface area is 157 Å². The van der Waals surface area contributed by atoms with Crippen molar-refractivity contribution in [1.29, 1.82) is 0 Å². The van der Waals surface area contributed by atoms with E-state index in [1.165, 1.54) is 0 Å². The minimum Gasteiger partial charge on any atom is -0.457 e. The van der Waals surface area contributed by atoms with E-state index in [2.05, 4.69) is 5.32 Å². The lowest BCUT2D eigenvalue weighted by atomic mass is 10.1. The SMILES string of the molecule is NCCNc1nc(-c2ccccc2Oc2ccccc2)nc2ccccc12. The molecule has 3 aromatic carbocycles. The molecule has 0 radical (unpaired) electrons. The smallest absolute Gasteiger partial charge is 0.165 e. The van der Waals surface area contributed by atoms with Crippen molar-refractivity contribution < 1.29 is 4.74 Å². The van der Waals surface area contributed by atoms with Crippen LogP contribution in [-0.4, -0.2) is 23.1 Å². The molecule has 3 N–H and O–H groups in total. The fraction of sp³-hybridized carbons (Fsp3) is 0.0909. The van der Waals surface area contributed by atoms with Crippen molar-refractivity contribution >= 4 is 16.7 Å². The molecular formula is C22H20N4O. The van der Waals surface area contributed by atoms with Crippen molar-refractivity contribution in [2.45, 2.75) is 0 Å². The molecule has 0 unspecified atom stereocenters. The number of para-hydroxylation sites is 3. The topological polar surface area (TPSA) is 73.1 Å². The molecule has 0 aliphatic heterocycles. The average molecular weight is 356 g/mol. The van der Waals surface area contributed by atoms with E-state index in [0.29, 0.717) is 24.7 Å². The van der Waals surface area contributed by atoms with Crippen molar-refractivity contribution in [1.82, 2.24) is 9.97 Å². The summed E-state index contributed by atoms with van der Waals surface area (Å²) in [6.45, 7) is 1.17. The van der Waals surface area contributed by atoms with E-state index in [1.807, 2.05) is 78.9 Å². The number of anilines is 1. The molecule has 5 heteroatoms. The van der Waals surface area contributed by atoms with Gasteiger partial charge in [-0.05, 0) is 36.4 Å². The van der Waals surface area contributed by atoms with Crippen LogP contribution in [0.2, 0.25) is 0 Å². The van der Waals surface area contributed by atoms with Gasteiger partial charge in [-0.1, -0.05) is 42.5 Å². The molecule has 0 fully saturated rings. The number of ether oxygens (including phenoxy) is 1. The predicted octanol–water partition coefficient (Wildman–Crippen LogP) is 4.46. The van der Waals surface area contributed by atoms with Crippen molar-refractivity contribution in [2.75, 3.05) is 18.4 Å². The molecule has 0 aliphatic rings.